The van der Waals surface area contributed by atoms with Crippen LogP contribution in [-0.4, -0.2) is 6.54 Å². The van der Waals surface area contributed by atoms with Gasteiger partial charge >= 0.3 is 6.18 Å². The monoisotopic (exact) mass is 215 g/mol. The Bertz CT molecular complexity index is 355. The van der Waals surface area contributed by atoms with Gasteiger partial charge in [0.05, 0.1) is 5.56 Å². The molecule has 0 unspecified atom stereocenters. The normalized spacial score (nSPS) is 11.5. The summed E-state index contributed by atoms with van der Waals surface area (Å²) >= 11 is 0. The van der Waals surface area contributed by atoms with E-state index < -0.39 is 11.7 Å². The van der Waals surface area contributed by atoms with Crippen molar-refractivity contribution in [3.63, 3.8) is 0 Å². The van der Waals surface area contributed by atoms with Crippen LogP contribution < -0.4 is 5.73 Å². The van der Waals surface area contributed by atoms with E-state index in [1.807, 2.05) is 0 Å². The number of nitrogens with two attached hydrogens (primary N) is 1. The molecular weight excluding hydrogens is 203 g/mol. The van der Waals surface area contributed by atoms with Gasteiger partial charge < -0.3 is 5.73 Å². The first kappa shape index (κ1) is 11.8. The van der Waals surface area contributed by atoms with Crippen LogP contribution in [0.5, 0.6) is 0 Å². The van der Waals surface area contributed by atoms with Gasteiger partial charge in [-0.3, -0.25) is 0 Å². The molecule has 0 atom stereocenters. The number of hydrogen-bond acceptors (Lipinski definition) is 1. The molecule has 0 aliphatic heterocycles. The first-order valence-corrected chi connectivity index (χ1v) is 4.47. The summed E-state index contributed by atoms with van der Waals surface area (Å²) in [5.41, 5.74) is 5.50. The van der Waals surface area contributed by atoms with E-state index in [0.29, 0.717) is 5.57 Å². The molecule has 0 radical (unpaired) electrons. The van der Waals surface area contributed by atoms with Gasteiger partial charge in [0.1, 0.15) is 0 Å². The van der Waals surface area contributed by atoms with E-state index in [1.165, 1.54) is 12.1 Å². The maximum absolute atomic E-state index is 12.5. The van der Waals surface area contributed by atoms with E-state index in [1.54, 1.807) is 6.07 Å². The zero-order valence-corrected chi connectivity index (χ0v) is 8.14. The molecular formula is C11H12F3N. The highest BCUT2D eigenvalue weighted by molar-refractivity contribution is 5.32. The minimum Gasteiger partial charge on any atom is -0.327 e. The fourth-order valence-corrected chi connectivity index (χ4v) is 1.29. The maximum Gasteiger partial charge on any atom is 0.416 e. The summed E-state index contributed by atoms with van der Waals surface area (Å²) in [5, 5.41) is 0. The largest absolute Gasteiger partial charge is 0.416 e. The van der Waals surface area contributed by atoms with Gasteiger partial charge in [-0.15, -0.1) is 0 Å². The lowest BCUT2D eigenvalue weighted by atomic mass is 10.0. The maximum atomic E-state index is 12.5. The second kappa shape index (κ2) is 4.49. The van der Waals surface area contributed by atoms with Crippen molar-refractivity contribution in [1.29, 1.82) is 0 Å². The van der Waals surface area contributed by atoms with Crippen molar-refractivity contribution in [3.05, 3.63) is 47.5 Å². The predicted octanol–water partition coefficient (Wildman–Crippen LogP) is 2.76. The SMILES string of the molecule is C=C(CN)Cc1ccccc1C(F)(F)F. The topological polar surface area (TPSA) is 26.0 Å². The lowest BCUT2D eigenvalue weighted by Crippen LogP contribution is -2.11. The summed E-state index contributed by atoms with van der Waals surface area (Å²) in [6, 6.07) is 5.47. The molecule has 0 saturated carbocycles. The van der Waals surface area contributed by atoms with Crippen LogP contribution >= 0.6 is 0 Å². The third kappa shape index (κ3) is 3.09. The number of halogens is 3. The zero-order chi connectivity index (χ0) is 11.5. The highest BCUT2D eigenvalue weighted by atomic mass is 19.4. The third-order valence-electron chi connectivity index (χ3n) is 2.05. The first-order valence-electron chi connectivity index (χ1n) is 4.47. The fourth-order valence-electron chi connectivity index (χ4n) is 1.29. The Morgan fingerprint density at radius 2 is 1.87 bits per heavy atom. The molecule has 1 aromatic carbocycles. The van der Waals surface area contributed by atoms with Crippen LogP contribution in [0, 0.1) is 0 Å². The van der Waals surface area contributed by atoms with Crippen molar-refractivity contribution in [2.24, 2.45) is 5.73 Å². The van der Waals surface area contributed by atoms with E-state index in [-0.39, 0.29) is 18.5 Å². The molecule has 1 nitrogen and oxygen atoms in total. The first-order chi connectivity index (χ1) is 6.95. The van der Waals surface area contributed by atoms with Crippen molar-refractivity contribution in [2.45, 2.75) is 12.6 Å². The summed E-state index contributed by atoms with van der Waals surface area (Å²) in [7, 11) is 0. The van der Waals surface area contributed by atoms with Crippen LogP contribution in [0.1, 0.15) is 11.1 Å². The van der Waals surface area contributed by atoms with E-state index in [9.17, 15) is 13.2 Å². The minimum absolute atomic E-state index is 0.173. The Kier molecular flexibility index (Phi) is 3.52. The molecule has 15 heavy (non-hydrogen) atoms. The Morgan fingerprint density at radius 1 is 1.27 bits per heavy atom. The van der Waals surface area contributed by atoms with E-state index in [4.69, 9.17) is 5.73 Å². The lowest BCUT2D eigenvalue weighted by molar-refractivity contribution is -0.138. The zero-order valence-electron chi connectivity index (χ0n) is 8.14. The molecule has 82 valence electrons. The van der Waals surface area contributed by atoms with Crippen molar-refractivity contribution in [2.75, 3.05) is 6.54 Å². The fraction of sp³-hybridized carbons (Fsp3) is 0.273. The second-order valence-corrected chi connectivity index (χ2v) is 3.29. The van der Waals surface area contributed by atoms with Crippen molar-refractivity contribution in [3.8, 4) is 0 Å². The van der Waals surface area contributed by atoms with Gasteiger partial charge in [0.25, 0.3) is 0 Å². The summed E-state index contributed by atoms with van der Waals surface area (Å²) in [6.07, 6.45) is -4.14. The van der Waals surface area contributed by atoms with Gasteiger partial charge in [-0.2, -0.15) is 13.2 Å². The van der Waals surface area contributed by atoms with Crippen LogP contribution in [0.2, 0.25) is 0 Å². The minimum atomic E-state index is -4.31. The Labute approximate surface area is 86.4 Å². The van der Waals surface area contributed by atoms with Gasteiger partial charge in [0.15, 0.2) is 0 Å². The molecule has 0 amide bonds. The highest BCUT2D eigenvalue weighted by Gasteiger charge is 2.32. The summed E-state index contributed by atoms with van der Waals surface area (Å²) in [4.78, 5) is 0. The Hall–Kier alpha value is -1.29. The summed E-state index contributed by atoms with van der Waals surface area (Å²) in [5.74, 6) is 0. The molecule has 0 bridgehead atoms. The molecule has 0 aliphatic carbocycles. The molecule has 0 saturated heterocycles. The molecule has 0 aliphatic rings. The molecule has 4 heteroatoms. The van der Waals surface area contributed by atoms with Crippen molar-refractivity contribution >= 4 is 0 Å². The lowest BCUT2D eigenvalue weighted by Gasteiger charge is -2.12. The van der Waals surface area contributed by atoms with Crippen molar-refractivity contribution < 1.29 is 13.2 Å². The smallest absolute Gasteiger partial charge is 0.327 e. The molecule has 1 rings (SSSR count). The van der Waals surface area contributed by atoms with E-state index >= 15 is 0 Å². The number of benzene rings is 1. The predicted molar refractivity (Wildman–Crippen MR) is 53.3 cm³/mol. The van der Waals surface area contributed by atoms with Gasteiger partial charge in [0.2, 0.25) is 0 Å². The summed E-state index contributed by atoms with van der Waals surface area (Å²) in [6.45, 7) is 3.80. The number of hydrogen-bond donors (Lipinski definition) is 1. The van der Waals surface area contributed by atoms with Gasteiger partial charge in [-0.1, -0.05) is 30.4 Å². The van der Waals surface area contributed by atoms with Crippen LogP contribution in [0.15, 0.2) is 36.4 Å². The molecule has 0 fully saturated rings. The summed E-state index contributed by atoms with van der Waals surface area (Å²) < 4.78 is 37.6. The third-order valence-corrected chi connectivity index (χ3v) is 2.05. The van der Waals surface area contributed by atoms with Crippen molar-refractivity contribution in [1.82, 2.24) is 0 Å². The van der Waals surface area contributed by atoms with Crippen LogP contribution in [0.3, 0.4) is 0 Å². The molecule has 0 spiro atoms. The van der Waals surface area contributed by atoms with Crippen LogP contribution in [0.4, 0.5) is 13.2 Å². The van der Waals surface area contributed by atoms with Gasteiger partial charge in [-0.05, 0) is 18.1 Å². The van der Waals surface area contributed by atoms with E-state index in [2.05, 4.69) is 6.58 Å². The Balaban J connectivity index is 3.02. The number of rotatable bonds is 3. The van der Waals surface area contributed by atoms with E-state index in [0.717, 1.165) is 6.07 Å². The second-order valence-electron chi connectivity index (χ2n) is 3.29. The van der Waals surface area contributed by atoms with Crippen LogP contribution in [-0.2, 0) is 12.6 Å². The molecule has 0 heterocycles. The standard InChI is InChI=1S/C11H12F3N/c1-8(7-15)6-9-4-2-3-5-10(9)11(12,13)14/h2-5H,1,6-7,15H2. The average Bonchev–Trinajstić information content (AvgIpc) is 2.17. The van der Waals surface area contributed by atoms with Gasteiger partial charge in [-0.25, -0.2) is 0 Å². The molecule has 1 aromatic rings. The highest BCUT2D eigenvalue weighted by Crippen LogP contribution is 2.32. The quantitative estimate of drug-likeness (QED) is 0.771. The average molecular weight is 215 g/mol. The Morgan fingerprint density at radius 3 is 2.40 bits per heavy atom. The molecule has 0 aromatic heterocycles. The number of alkyl halides is 3. The molecule has 2 N–H and O–H groups in total. The van der Waals surface area contributed by atoms with Crippen LogP contribution in [0.25, 0.3) is 0 Å². The van der Waals surface area contributed by atoms with Gasteiger partial charge in [0, 0.05) is 6.54 Å².